The molecule has 4 aromatic rings. The van der Waals surface area contributed by atoms with E-state index in [0.717, 1.165) is 76.7 Å². The maximum atomic E-state index is 5.07. The Balaban J connectivity index is 0.00000131. The number of fused-ring (bicyclic) bond motifs is 2. The fraction of sp³-hybridized carbons (Fsp3) is 0.123. The van der Waals surface area contributed by atoms with Gasteiger partial charge in [0.2, 0.25) is 0 Å². The van der Waals surface area contributed by atoms with Gasteiger partial charge in [-0.15, -0.1) is 0 Å². The van der Waals surface area contributed by atoms with Crippen LogP contribution in [0.3, 0.4) is 0 Å². The lowest BCUT2D eigenvalue weighted by Crippen LogP contribution is -2.18. The molecule has 0 saturated carbocycles. The van der Waals surface area contributed by atoms with Gasteiger partial charge in [0.05, 0.1) is 34.9 Å². The SMILES string of the molecule is C/C=C\C=C/C.C=C/C=C(\C=C)C(/C=C(\N=C)n1c(/C=C\C)c(/C=C(\C)c2ccc3c(c2)SC(/C=C\C)=C(C=C)N3C=C)c2c(C=C)c(/C=C\C)ccc21)=NCc1ccccc1. The lowest BCUT2D eigenvalue weighted by atomic mass is 9.96. The molecule has 314 valence electrons. The van der Waals surface area contributed by atoms with Gasteiger partial charge in [-0.3, -0.25) is 9.56 Å². The number of allylic oxidation sites excluding steroid dienone is 15. The van der Waals surface area contributed by atoms with Crippen molar-refractivity contribution in [2.45, 2.75) is 53.0 Å². The monoisotopic (exact) mass is 832 g/mol. The highest BCUT2D eigenvalue weighted by molar-refractivity contribution is 8.03. The molecule has 0 radical (unpaired) electrons. The van der Waals surface area contributed by atoms with Crippen molar-refractivity contribution in [2.75, 3.05) is 4.90 Å². The highest BCUT2D eigenvalue weighted by atomic mass is 32.2. The van der Waals surface area contributed by atoms with Crippen LogP contribution in [0.15, 0.2) is 210 Å². The molecular formula is C57H60N4S. The number of aliphatic imine (C=N–C) groups is 2. The number of rotatable bonds is 17. The van der Waals surface area contributed by atoms with Gasteiger partial charge in [0, 0.05) is 33.0 Å². The Labute approximate surface area is 375 Å². The molecule has 0 N–H and O–H groups in total. The van der Waals surface area contributed by atoms with Gasteiger partial charge in [-0.2, -0.15) is 0 Å². The highest BCUT2D eigenvalue weighted by Crippen LogP contribution is 2.46. The van der Waals surface area contributed by atoms with Crippen LogP contribution in [-0.4, -0.2) is 17.0 Å². The normalized spacial score (nSPS) is 14.0. The van der Waals surface area contributed by atoms with E-state index in [9.17, 15) is 0 Å². The van der Waals surface area contributed by atoms with Gasteiger partial charge in [-0.05, 0) is 118 Å². The molecule has 0 saturated heterocycles. The van der Waals surface area contributed by atoms with Crippen LogP contribution in [0.5, 0.6) is 0 Å². The lowest BCUT2D eigenvalue weighted by Gasteiger charge is -2.30. The van der Waals surface area contributed by atoms with E-state index >= 15 is 0 Å². The molecule has 5 heteroatoms. The Morgan fingerprint density at radius 2 is 1.48 bits per heavy atom. The molecule has 0 unspecified atom stereocenters. The largest absolute Gasteiger partial charge is 0.316 e. The molecular weight excluding hydrogens is 773 g/mol. The Hall–Kier alpha value is -6.95. The zero-order valence-electron chi connectivity index (χ0n) is 37.3. The Kier molecular flexibility index (Phi) is 18.7. The zero-order valence-corrected chi connectivity index (χ0v) is 38.1. The van der Waals surface area contributed by atoms with E-state index in [4.69, 9.17) is 4.99 Å². The Morgan fingerprint density at radius 1 is 0.774 bits per heavy atom. The number of benzene rings is 3. The molecule has 1 aromatic heterocycles. The van der Waals surface area contributed by atoms with Crippen molar-refractivity contribution in [3.05, 3.63) is 228 Å². The van der Waals surface area contributed by atoms with Crippen LogP contribution in [0.25, 0.3) is 46.6 Å². The standard InChI is InChI=1S/C51H50N4S.C6H10/c1-11-22-38(15-5)43(53-35-37-26-20-19-21-27-37)34-50(52-10)55-45(24-13-3)42(51-41(16-6)39(23-12-2)28-31-47(51)55)32-36(9)40-29-30-46-49(33-40)56-48(25-14-4)44(17-7)54(46)18-8;1-3-5-6-4-2/h11-34H,1,5-8,10,35H2,2-4,9H3;3-6H,1-2H3/b23-12-,24-13-,25-14-,36-32+,38-22+,50-34+,53-43?;5-3-,6-4-. The smallest absolute Gasteiger partial charge is 0.138 e. The van der Waals surface area contributed by atoms with Crippen molar-refractivity contribution in [1.29, 1.82) is 0 Å². The van der Waals surface area contributed by atoms with Gasteiger partial charge in [-0.25, -0.2) is 4.99 Å². The molecule has 0 fully saturated rings. The molecule has 0 bridgehead atoms. The zero-order chi connectivity index (χ0) is 45.0. The van der Waals surface area contributed by atoms with Gasteiger partial charge < -0.3 is 4.90 Å². The third kappa shape index (κ3) is 11.2. The van der Waals surface area contributed by atoms with Crippen LogP contribution >= 0.6 is 11.8 Å². The van der Waals surface area contributed by atoms with E-state index in [1.54, 1.807) is 23.9 Å². The summed E-state index contributed by atoms with van der Waals surface area (Å²) >= 11 is 1.74. The fourth-order valence-electron chi connectivity index (χ4n) is 7.05. The second kappa shape index (κ2) is 24.3. The summed E-state index contributed by atoms with van der Waals surface area (Å²) in [5.74, 6) is 0.619. The predicted octanol–water partition coefficient (Wildman–Crippen LogP) is 16.5. The summed E-state index contributed by atoms with van der Waals surface area (Å²) in [5.41, 5.74) is 12.0. The molecule has 4 nitrogen and oxygen atoms in total. The van der Waals surface area contributed by atoms with Crippen LogP contribution < -0.4 is 4.90 Å². The second-order valence-electron chi connectivity index (χ2n) is 13.9. The summed E-state index contributed by atoms with van der Waals surface area (Å²) < 4.78 is 2.16. The van der Waals surface area contributed by atoms with Gasteiger partial charge in [0.1, 0.15) is 5.82 Å². The van der Waals surface area contributed by atoms with Crippen LogP contribution in [-0.2, 0) is 6.54 Å². The van der Waals surface area contributed by atoms with Crippen molar-refractivity contribution >= 4 is 76.5 Å². The number of anilines is 1. The van der Waals surface area contributed by atoms with Gasteiger partial charge in [0.25, 0.3) is 0 Å². The first kappa shape index (κ1) is 47.7. The number of nitrogens with zero attached hydrogens (tertiary/aromatic N) is 4. The summed E-state index contributed by atoms with van der Waals surface area (Å²) in [6.45, 7) is 37.4. The lowest BCUT2D eigenvalue weighted by molar-refractivity contribution is 1.07. The van der Waals surface area contributed by atoms with E-state index in [2.05, 4.69) is 146 Å². The maximum absolute atomic E-state index is 5.07. The van der Waals surface area contributed by atoms with E-state index in [1.165, 1.54) is 0 Å². The van der Waals surface area contributed by atoms with Crippen molar-refractivity contribution in [3.63, 3.8) is 0 Å². The van der Waals surface area contributed by atoms with Crippen molar-refractivity contribution in [3.8, 4) is 0 Å². The molecule has 2 heterocycles. The molecule has 0 amide bonds. The number of thioether (sulfide) groups is 1. The number of hydrogen-bond donors (Lipinski definition) is 0. The van der Waals surface area contributed by atoms with Crippen LogP contribution in [0.1, 0.15) is 75.1 Å². The van der Waals surface area contributed by atoms with Crippen LogP contribution in [0, 0.1) is 0 Å². The molecule has 3 aromatic carbocycles. The minimum atomic E-state index is 0.485. The Bertz CT molecular complexity index is 2610. The third-order valence-corrected chi connectivity index (χ3v) is 11.0. The Morgan fingerprint density at radius 3 is 2.06 bits per heavy atom. The molecule has 5 rings (SSSR count). The average Bonchev–Trinajstić information content (AvgIpc) is 3.59. The average molecular weight is 833 g/mol. The number of hydrogen-bond acceptors (Lipinski definition) is 4. The summed E-state index contributed by atoms with van der Waals surface area (Å²) in [6.07, 6.45) is 35.9. The summed E-state index contributed by atoms with van der Waals surface area (Å²) in [5, 5.41) is 1.06. The molecule has 0 atom stereocenters. The van der Waals surface area contributed by atoms with Crippen LogP contribution in [0.4, 0.5) is 5.69 Å². The van der Waals surface area contributed by atoms with Crippen molar-refractivity contribution in [2.24, 2.45) is 9.98 Å². The summed E-state index contributed by atoms with van der Waals surface area (Å²) in [4.78, 5) is 14.1. The van der Waals surface area contributed by atoms with Gasteiger partial charge >= 0.3 is 0 Å². The van der Waals surface area contributed by atoms with Crippen molar-refractivity contribution in [1.82, 2.24) is 4.57 Å². The first-order valence-corrected chi connectivity index (χ1v) is 21.5. The van der Waals surface area contributed by atoms with Gasteiger partial charge in [0.15, 0.2) is 0 Å². The third-order valence-electron chi connectivity index (χ3n) is 9.86. The molecule has 0 aliphatic carbocycles. The summed E-state index contributed by atoms with van der Waals surface area (Å²) in [7, 11) is 0. The topological polar surface area (TPSA) is 32.9 Å². The molecule has 62 heavy (non-hydrogen) atoms. The first-order chi connectivity index (χ1) is 30.2. The van der Waals surface area contributed by atoms with E-state index in [0.29, 0.717) is 18.1 Å². The summed E-state index contributed by atoms with van der Waals surface area (Å²) in [6, 6.07) is 21.1. The molecule has 1 aliphatic heterocycles. The molecule has 1 aliphatic rings. The fourth-order valence-corrected chi connectivity index (χ4v) is 8.23. The maximum Gasteiger partial charge on any atom is 0.138 e. The predicted molar refractivity (Wildman–Crippen MR) is 282 cm³/mol. The van der Waals surface area contributed by atoms with E-state index in [-0.39, 0.29) is 0 Å². The minimum absolute atomic E-state index is 0.485. The number of aromatic nitrogens is 1. The van der Waals surface area contributed by atoms with Gasteiger partial charge in [-0.1, -0.05) is 166 Å². The highest BCUT2D eigenvalue weighted by Gasteiger charge is 2.24. The molecule has 0 spiro atoms. The van der Waals surface area contributed by atoms with E-state index < -0.39 is 0 Å². The minimum Gasteiger partial charge on any atom is -0.316 e. The van der Waals surface area contributed by atoms with Crippen molar-refractivity contribution < 1.29 is 0 Å². The van der Waals surface area contributed by atoms with Crippen LogP contribution in [0.2, 0.25) is 0 Å². The second-order valence-corrected chi connectivity index (χ2v) is 15.0. The van der Waals surface area contributed by atoms with E-state index in [1.807, 2.05) is 108 Å². The first-order valence-electron chi connectivity index (χ1n) is 20.7. The quantitative estimate of drug-likeness (QED) is 0.0784.